The van der Waals surface area contributed by atoms with Crippen LogP contribution in [0.3, 0.4) is 0 Å². The summed E-state index contributed by atoms with van der Waals surface area (Å²) in [5.74, 6) is 0.384. The summed E-state index contributed by atoms with van der Waals surface area (Å²) in [4.78, 5) is 20.7. The second-order valence-electron chi connectivity index (χ2n) is 7.76. The molecule has 3 aromatic heterocycles. The molecule has 0 radical (unpaired) electrons. The Kier molecular flexibility index (Phi) is 5.17. The van der Waals surface area contributed by atoms with Gasteiger partial charge in [0.15, 0.2) is 11.0 Å². The third-order valence-corrected chi connectivity index (χ3v) is 7.10. The maximum Gasteiger partial charge on any atom is 0.269 e. The highest BCUT2D eigenvalue weighted by molar-refractivity contribution is 7.26. The smallest absolute Gasteiger partial charge is 0.258 e. The van der Waals surface area contributed by atoms with Crippen molar-refractivity contribution in [3.05, 3.63) is 100 Å². The summed E-state index contributed by atoms with van der Waals surface area (Å²) in [5, 5.41) is 21.3. The quantitative estimate of drug-likeness (QED) is 0.146. The van der Waals surface area contributed by atoms with E-state index in [4.69, 9.17) is 16.6 Å². The molecule has 0 amide bonds. The molecule has 0 aliphatic heterocycles. The van der Waals surface area contributed by atoms with E-state index in [1.54, 1.807) is 12.1 Å². The highest BCUT2D eigenvalue weighted by atomic mass is 35.5. The van der Waals surface area contributed by atoms with Crippen LogP contribution in [0.15, 0.2) is 84.9 Å². The predicted octanol–water partition coefficient (Wildman–Crippen LogP) is 7.20. The summed E-state index contributed by atoms with van der Waals surface area (Å²) in [6.45, 7) is 0. The number of nitro groups is 1. The van der Waals surface area contributed by atoms with Crippen LogP contribution in [0.1, 0.15) is 0 Å². The van der Waals surface area contributed by atoms with Crippen LogP contribution in [-0.2, 0) is 0 Å². The van der Waals surface area contributed by atoms with E-state index in [1.807, 2.05) is 60.7 Å². The number of rotatable bonds is 4. The van der Waals surface area contributed by atoms with Crippen LogP contribution >= 0.6 is 22.9 Å². The molecular formula is C26H14ClN5O2S. The van der Waals surface area contributed by atoms with Gasteiger partial charge in [0.1, 0.15) is 10.5 Å². The highest BCUT2D eigenvalue weighted by Crippen LogP contribution is 2.44. The largest absolute Gasteiger partial charge is 0.269 e. The summed E-state index contributed by atoms with van der Waals surface area (Å²) in [6, 6.07) is 26.0. The van der Waals surface area contributed by atoms with Crippen molar-refractivity contribution in [1.29, 1.82) is 0 Å². The molecule has 6 rings (SSSR count). The number of fused-ring (bicyclic) bond motifs is 3. The number of halogens is 1. The molecule has 35 heavy (non-hydrogen) atoms. The summed E-state index contributed by atoms with van der Waals surface area (Å²) in [7, 11) is 0. The fourth-order valence-corrected chi connectivity index (χ4v) is 5.27. The van der Waals surface area contributed by atoms with Gasteiger partial charge in [0.2, 0.25) is 0 Å². The molecule has 0 atom stereocenters. The topological polar surface area (TPSA) is 94.7 Å². The minimum absolute atomic E-state index is 0.00366. The van der Waals surface area contributed by atoms with E-state index in [2.05, 4.69) is 15.2 Å². The molecular weight excluding hydrogens is 482 g/mol. The number of nitro benzene ring substituents is 1. The fraction of sp³-hybridized carbons (Fsp3) is 0. The van der Waals surface area contributed by atoms with Crippen LogP contribution in [0.2, 0.25) is 5.15 Å². The summed E-state index contributed by atoms with van der Waals surface area (Å²) >= 11 is 8.01. The van der Waals surface area contributed by atoms with E-state index in [0.29, 0.717) is 31.6 Å². The van der Waals surface area contributed by atoms with E-state index in [-0.39, 0.29) is 5.69 Å². The number of nitrogens with zero attached hydrogens (tertiary/aromatic N) is 5. The SMILES string of the molecule is O=[N+]([O-])c1ccc(-c2nc(Cl)c3sc4nnc(-c5ccccc5)c(-c5ccccc5)c4c3n2)cc1. The molecule has 0 spiro atoms. The Labute approximate surface area is 207 Å². The van der Waals surface area contributed by atoms with Crippen molar-refractivity contribution in [3.8, 4) is 33.8 Å². The van der Waals surface area contributed by atoms with Gasteiger partial charge < -0.3 is 0 Å². The molecule has 0 saturated heterocycles. The first kappa shape index (κ1) is 21.3. The van der Waals surface area contributed by atoms with E-state index >= 15 is 0 Å². The lowest BCUT2D eigenvalue weighted by Crippen LogP contribution is -1.95. The van der Waals surface area contributed by atoms with Crippen molar-refractivity contribution in [2.75, 3.05) is 0 Å². The molecule has 0 aliphatic carbocycles. The number of hydrogen-bond acceptors (Lipinski definition) is 7. The normalized spacial score (nSPS) is 11.2. The van der Waals surface area contributed by atoms with Crippen LogP contribution < -0.4 is 0 Å². The zero-order chi connectivity index (χ0) is 23.9. The molecule has 3 heterocycles. The molecule has 0 saturated carbocycles. The van der Waals surface area contributed by atoms with Crippen LogP contribution in [0, 0.1) is 10.1 Å². The van der Waals surface area contributed by atoms with Gasteiger partial charge in [-0.3, -0.25) is 10.1 Å². The Bertz CT molecular complexity index is 1720. The molecule has 6 aromatic rings. The standard InChI is InChI=1S/C26H14ClN5O2S/c27-24-23-22(28-25(29-24)17-11-13-18(14-12-17)32(33)34)20-19(15-7-3-1-4-8-15)21(30-31-26(20)35-23)16-9-5-2-6-10-16/h1-14H. The number of non-ortho nitro benzene ring substituents is 1. The van der Waals surface area contributed by atoms with Crippen molar-refractivity contribution >= 4 is 49.1 Å². The lowest BCUT2D eigenvalue weighted by atomic mass is 9.97. The summed E-state index contributed by atoms with van der Waals surface area (Å²) in [5.41, 5.74) is 4.88. The molecule has 0 unspecified atom stereocenters. The number of benzene rings is 3. The van der Waals surface area contributed by atoms with Crippen LogP contribution in [-0.4, -0.2) is 25.1 Å². The van der Waals surface area contributed by atoms with Crippen molar-refractivity contribution in [2.24, 2.45) is 0 Å². The predicted molar refractivity (Wildman–Crippen MR) is 138 cm³/mol. The average Bonchev–Trinajstić information content (AvgIpc) is 3.28. The minimum atomic E-state index is -0.441. The third kappa shape index (κ3) is 3.69. The van der Waals surface area contributed by atoms with Gasteiger partial charge >= 0.3 is 0 Å². The van der Waals surface area contributed by atoms with Crippen LogP contribution in [0.5, 0.6) is 0 Å². The molecule has 7 nitrogen and oxygen atoms in total. The maximum absolute atomic E-state index is 11.1. The molecule has 0 fully saturated rings. The summed E-state index contributed by atoms with van der Waals surface area (Å²) < 4.78 is 0.712. The molecule has 0 N–H and O–H groups in total. The average molecular weight is 496 g/mol. The molecule has 0 bridgehead atoms. The zero-order valence-corrected chi connectivity index (χ0v) is 19.5. The van der Waals surface area contributed by atoms with Crippen molar-refractivity contribution in [3.63, 3.8) is 0 Å². The second-order valence-corrected chi connectivity index (χ2v) is 9.11. The van der Waals surface area contributed by atoms with Gasteiger partial charge in [-0.15, -0.1) is 21.5 Å². The zero-order valence-electron chi connectivity index (χ0n) is 17.9. The maximum atomic E-state index is 11.1. The van der Waals surface area contributed by atoms with Crippen molar-refractivity contribution in [1.82, 2.24) is 20.2 Å². The van der Waals surface area contributed by atoms with Gasteiger partial charge in [-0.05, 0) is 17.7 Å². The van der Waals surface area contributed by atoms with Gasteiger partial charge in [-0.25, -0.2) is 9.97 Å². The van der Waals surface area contributed by atoms with E-state index in [9.17, 15) is 10.1 Å². The van der Waals surface area contributed by atoms with Gasteiger partial charge in [0.05, 0.1) is 15.1 Å². The lowest BCUT2D eigenvalue weighted by molar-refractivity contribution is -0.384. The van der Waals surface area contributed by atoms with Gasteiger partial charge in [-0.1, -0.05) is 72.3 Å². The molecule has 3 aromatic carbocycles. The Balaban J connectivity index is 1.67. The first-order chi connectivity index (χ1) is 17.1. The molecule has 9 heteroatoms. The fourth-order valence-electron chi connectivity index (χ4n) is 4.04. The van der Waals surface area contributed by atoms with Crippen LogP contribution in [0.4, 0.5) is 5.69 Å². The lowest BCUT2D eigenvalue weighted by Gasteiger charge is -2.10. The Morgan fingerprint density at radius 2 is 1.43 bits per heavy atom. The Morgan fingerprint density at radius 3 is 2.09 bits per heavy atom. The first-order valence-electron chi connectivity index (χ1n) is 10.6. The highest BCUT2D eigenvalue weighted by Gasteiger charge is 2.22. The Morgan fingerprint density at radius 1 is 0.771 bits per heavy atom. The van der Waals surface area contributed by atoms with Crippen molar-refractivity contribution < 1.29 is 4.92 Å². The monoisotopic (exact) mass is 495 g/mol. The van der Waals surface area contributed by atoms with E-state index in [0.717, 1.165) is 27.8 Å². The molecule has 168 valence electrons. The molecule has 0 aliphatic rings. The van der Waals surface area contributed by atoms with Crippen molar-refractivity contribution in [2.45, 2.75) is 0 Å². The van der Waals surface area contributed by atoms with Gasteiger partial charge in [0, 0.05) is 34.2 Å². The number of thiophene rings is 1. The van der Waals surface area contributed by atoms with E-state index in [1.165, 1.54) is 23.5 Å². The number of hydrogen-bond donors (Lipinski definition) is 0. The van der Waals surface area contributed by atoms with Gasteiger partial charge in [-0.2, -0.15) is 0 Å². The summed E-state index contributed by atoms with van der Waals surface area (Å²) in [6.07, 6.45) is 0. The van der Waals surface area contributed by atoms with Crippen LogP contribution in [0.25, 0.3) is 54.2 Å². The third-order valence-electron chi connectivity index (χ3n) is 5.65. The van der Waals surface area contributed by atoms with E-state index < -0.39 is 4.92 Å². The second kappa shape index (κ2) is 8.50. The Hall–Kier alpha value is -4.27. The minimum Gasteiger partial charge on any atom is -0.258 e. The van der Waals surface area contributed by atoms with Gasteiger partial charge in [0.25, 0.3) is 5.69 Å². The first-order valence-corrected chi connectivity index (χ1v) is 11.8. The number of aromatic nitrogens is 4.